The first kappa shape index (κ1) is 17.5. The summed E-state index contributed by atoms with van der Waals surface area (Å²) in [5, 5.41) is 0. The van der Waals surface area contributed by atoms with Crippen LogP contribution in [0.5, 0.6) is 17.2 Å². The van der Waals surface area contributed by atoms with E-state index in [4.69, 9.17) is 18.9 Å². The van der Waals surface area contributed by atoms with E-state index >= 15 is 0 Å². The maximum absolute atomic E-state index is 13.4. The van der Waals surface area contributed by atoms with Crippen molar-refractivity contribution in [3.8, 4) is 17.2 Å². The Balaban J connectivity index is 2.03. The van der Waals surface area contributed by atoms with E-state index in [0.717, 1.165) is 0 Å². The third-order valence-corrected chi connectivity index (χ3v) is 3.72. The molecule has 1 heterocycles. The molecule has 0 aromatic heterocycles. The van der Waals surface area contributed by atoms with Gasteiger partial charge < -0.3 is 18.9 Å². The van der Waals surface area contributed by atoms with E-state index < -0.39 is 11.8 Å². The van der Waals surface area contributed by atoms with Crippen LogP contribution in [0.15, 0.2) is 47.1 Å². The van der Waals surface area contributed by atoms with Gasteiger partial charge in [-0.25, -0.2) is 14.2 Å². The number of nitrogens with zero attached hydrogens (tertiary/aromatic N) is 1. The normalized spacial score (nSPS) is 14.8. The van der Waals surface area contributed by atoms with Crippen LogP contribution >= 0.6 is 0 Å². The highest BCUT2D eigenvalue weighted by Gasteiger charge is 2.25. The van der Waals surface area contributed by atoms with Gasteiger partial charge >= 0.3 is 5.97 Å². The molecule has 7 heteroatoms. The number of hydrogen-bond donors (Lipinski definition) is 0. The number of benzene rings is 2. The van der Waals surface area contributed by atoms with Gasteiger partial charge in [-0.3, -0.25) is 0 Å². The lowest BCUT2D eigenvalue weighted by Crippen LogP contribution is -2.05. The highest BCUT2D eigenvalue weighted by atomic mass is 19.1. The molecule has 134 valence electrons. The molecule has 0 unspecified atom stereocenters. The Kier molecular flexibility index (Phi) is 4.88. The number of halogens is 1. The van der Waals surface area contributed by atoms with Gasteiger partial charge in [0, 0.05) is 11.1 Å². The molecule has 2 aromatic rings. The van der Waals surface area contributed by atoms with Crippen molar-refractivity contribution in [3.05, 3.63) is 59.0 Å². The molecule has 0 amide bonds. The average molecular weight is 357 g/mol. The second-order valence-corrected chi connectivity index (χ2v) is 5.27. The lowest BCUT2D eigenvalue weighted by molar-refractivity contribution is -0.129. The highest BCUT2D eigenvalue weighted by molar-refractivity contribution is 6.13. The molecule has 0 fully saturated rings. The van der Waals surface area contributed by atoms with Crippen LogP contribution in [0.1, 0.15) is 11.1 Å². The minimum absolute atomic E-state index is 0.0418. The first-order chi connectivity index (χ1) is 12.6. The molecule has 0 atom stereocenters. The van der Waals surface area contributed by atoms with Crippen LogP contribution in [-0.4, -0.2) is 33.2 Å². The zero-order valence-corrected chi connectivity index (χ0v) is 14.4. The van der Waals surface area contributed by atoms with Crippen molar-refractivity contribution in [1.29, 1.82) is 0 Å². The molecule has 0 saturated heterocycles. The number of esters is 1. The smallest absolute Gasteiger partial charge is 0.363 e. The van der Waals surface area contributed by atoms with Crippen molar-refractivity contribution >= 4 is 17.9 Å². The van der Waals surface area contributed by atoms with E-state index in [1.807, 2.05) is 0 Å². The van der Waals surface area contributed by atoms with Crippen molar-refractivity contribution in [2.75, 3.05) is 21.3 Å². The molecule has 0 spiro atoms. The molecule has 6 nitrogen and oxygen atoms in total. The van der Waals surface area contributed by atoms with Gasteiger partial charge in [0.05, 0.1) is 21.3 Å². The molecule has 1 aliphatic rings. The lowest BCUT2D eigenvalue weighted by Gasteiger charge is -2.14. The van der Waals surface area contributed by atoms with Gasteiger partial charge in [-0.2, -0.15) is 0 Å². The molecule has 0 bridgehead atoms. The van der Waals surface area contributed by atoms with Crippen LogP contribution < -0.4 is 14.2 Å². The van der Waals surface area contributed by atoms with Crippen LogP contribution in [0.3, 0.4) is 0 Å². The van der Waals surface area contributed by atoms with Gasteiger partial charge in [-0.1, -0.05) is 6.07 Å². The van der Waals surface area contributed by atoms with E-state index in [1.165, 1.54) is 45.6 Å². The van der Waals surface area contributed by atoms with Crippen LogP contribution in [0.4, 0.5) is 4.39 Å². The SMILES string of the molecule is COc1ccc(/C=C2\N=C(c3cccc(F)c3)OC2=O)c(OC)c1OC. The fourth-order valence-electron chi connectivity index (χ4n) is 2.54. The summed E-state index contributed by atoms with van der Waals surface area (Å²) < 4.78 is 34.4. The Morgan fingerprint density at radius 3 is 2.46 bits per heavy atom. The predicted octanol–water partition coefficient (Wildman–Crippen LogP) is 3.20. The van der Waals surface area contributed by atoms with Crippen molar-refractivity contribution in [3.63, 3.8) is 0 Å². The first-order valence-corrected chi connectivity index (χ1v) is 7.65. The minimum atomic E-state index is -0.638. The molecule has 0 N–H and O–H groups in total. The monoisotopic (exact) mass is 357 g/mol. The molecule has 0 saturated carbocycles. The molecule has 26 heavy (non-hydrogen) atoms. The third-order valence-electron chi connectivity index (χ3n) is 3.72. The van der Waals surface area contributed by atoms with Crippen molar-refractivity contribution in [2.45, 2.75) is 0 Å². The first-order valence-electron chi connectivity index (χ1n) is 7.65. The number of methoxy groups -OCH3 is 3. The average Bonchev–Trinajstić information content (AvgIpc) is 3.01. The Morgan fingerprint density at radius 1 is 1.04 bits per heavy atom. The molecule has 2 aromatic carbocycles. The summed E-state index contributed by atoms with van der Waals surface area (Å²) in [6, 6.07) is 9.05. The third kappa shape index (κ3) is 3.23. The summed E-state index contributed by atoms with van der Waals surface area (Å²) >= 11 is 0. The number of ether oxygens (including phenoxy) is 4. The number of carbonyl (C=O) groups excluding carboxylic acids is 1. The maximum Gasteiger partial charge on any atom is 0.363 e. The van der Waals surface area contributed by atoms with Crippen molar-refractivity contribution in [1.82, 2.24) is 0 Å². The second-order valence-electron chi connectivity index (χ2n) is 5.27. The topological polar surface area (TPSA) is 66.4 Å². The summed E-state index contributed by atoms with van der Waals surface area (Å²) in [5.41, 5.74) is 0.997. The molecule has 3 rings (SSSR count). The number of aliphatic imine (C=N–C) groups is 1. The van der Waals surface area contributed by atoms with Crippen molar-refractivity contribution < 1.29 is 28.1 Å². The Labute approximate surface area is 149 Å². The van der Waals surface area contributed by atoms with Crippen LogP contribution in [0, 0.1) is 5.82 Å². The zero-order chi connectivity index (χ0) is 18.7. The molecular weight excluding hydrogens is 341 g/mol. The Bertz CT molecular complexity index is 920. The van der Waals surface area contributed by atoms with Crippen LogP contribution in [0.25, 0.3) is 6.08 Å². The standard InChI is InChI=1S/C19H16FNO5/c1-23-15-8-7-11(16(24-2)17(15)25-3)10-14-19(22)26-18(21-14)12-5-4-6-13(20)9-12/h4-10H,1-3H3/b14-10-. The van der Waals surface area contributed by atoms with E-state index in [1.54, 1.807) is 18.2 Å². The fraction of sp³-hybridized carbons (Fsp3) is 0.158. The lowest BCUT2D eigenvalue weighted by atomic mass is 10.1. The highest BCUT2D eigenvalue weighted by Crippen LogP contribution is 2.40. The van der Waals surface area contributed by atoms with Gasteiger partial charge in [-0.05, 0) is 36.4 Å². The summed E-state index contributed by atoms with van der Waals surface area (Å²) in [6.45, 7) is 0. The van der Waals surface area contributed by atoms with Gasteiger partial charge in [0.25, 0.3) is 0 Å². The Hall–Kier alpha value is -3.35. The molecule has 1 aliphatic heterocycles. The number of carbonyl (C=O) groups is 1. The van der Waals surface area contributed by atoms with Gasteiger partial charge in [-0.15, -0.1) is 0 Å². The van der Waals surface area contributed by atoms with Gasteiger partial charge in [0.1, 0.15) is 5.82 Å². The summed E-state index contributed by atoms with van der Waals surface area (Å²) in [4.78, 5) is 16.3. The zero-order valence-electron chi connectivity index (χ0n) is 14.4. The Morgan fingerprint density at radius 2 is 1.81 bits per heavy atom. The number of cyclic esters (lactones) is 1. The molecule has 0 aliphatic carbocycles. The summed E-state index contributed by atoms with van der Waals surface area (Å²) in [5.74, 6) is 0.234. The van der Waals surface area contributed by atoms with E-state index in [0.29, 0.717) is 28.4 Å². The minimum Gasteiger partial charge on any atom is -0.493 e. The van der Waals surface area contributed by atoms with Gasteiger partial charge in [0.2, 0.25) is 11.6 Å². The van der Waals surface area contributed by atoms with Crippen LogP contribution in [-0.2, 0) is 9.53 Å². The number of rotatable bonds is 5. The predicted molar refractivity (Wildman–Crippen MR) is 93.1 cm³/mol. The second kappa shape index (κ2) is 7.26. The largest absolute Gasteiger partial charge is 0.493 e. The van der Waals surface area contributed by atoms with Crippen molar-refractivity contribution in [2.24, 2.45) is 4.99 Å². The molecule has 0 radical (unpaired) electrons. The fourth-order valence-corrected chi connectivity index (χ4v) is 2.54. The maximum atomic E-state index is 13.4. The number of hydrogen-bond acceptors (Lipinski definition) is 6. The van der Waals surface area contributed by atoms with E-state index in [-0.39, 0.29) is 11.6 Å². The summed E-state index contributed by atoms with van der Waals surface area (Å²) in [6.07, 6.45) is 1.51. The summed E-state index contributed by atoms with van der Waals surface area (Å²) in [7, 11) is 4.48. The molecular formula is C19H16FNO5. The quantitative estimate of drug-likeness (QED) is 0.607. The van der Waals surface area contributed by atoms with Gasteiger partial charge in [0.15, 0.2) is 17.2 Å². The van der Waals surface area contributed by atoms with Crippen LogP contribution in [0.2, 0.25) is 0 Å². The van der Waals surface area contributed by atoms with E-state index in [9.17, 15) is 9.18 Å². The van der Waals surface area contributed by atoms with E-state index in [2.05, 4.69) is 4.99 Å².